The van der Waals surface area contributed by atoms with Gasteiger partial charge in [-0.2, -0.15) is 0 Å². The molecular formula is C17H31N3O4. The summed E-state index contributed by atoms with van der Waals surface area (Å²) in [5, 5.41) is 23.0. The van der Waals surface area contributed by atoms with Gasteiger partial charge in [0.05, 0.1) is 18.8 Å². The number of hydrogen-bond acceptors (Lipinski definition) is 6. The smallest absolute Gasteiger partial charge is 0.223 e. The van der Waals surface area contributed by atoms with Crippen LogP contribution in [0.25, 0.3) is 0 Å². The van der Waals surface area contributed by atoms with E-state index in [0.717, 1.165) is 51.9 Å². The van der Waals surface area contributed by atoms with Crippen molar-refractivity contribution in [1.82, 2.24) is 15.1 Å². The average molecular weight is 341 g/mol. The fourth-order valence-electron chi connectivity index (χ4n) is 4.25. The topological polar surface area (TPSA) is 85.3 Å². The number of nitrogens with zero attached hydrogens (tertiary/aromatic N) is 2. The largest absolute Gasteiger partial charge is 0.394 e. The molecule has 0 radical (unpaired) electrons. The lowest BCUT2D eigenvalue weighted by Crippen LogP contribution is -2.57. The van der Waals surface area contributed by atoms with Crippen molar-refractivity contribution in [2.75, 3.05) is 46.4 Å². The lowest BCUT2D eigenvalue weighted by atomic mass is 10.0. The van der Waals surface area contributed by atoms with E-state index in [0.29, 0.717) is 6.54 Å². The molecule has 2 aliphatic heterocycles. The van der Waals surface area contributed by atoms with Crippen LogP contribution in [0.15, 0.2) is 0 Å². The second-order valence-electron chi connectivity index (χ2n) is 7.44. The Morgan fingerprint density at radius 1 is 1.17 bits per heavy atom. The van der Waals surface area contributed by atoms with Gasteiger partial charge in [0, 0.05) is 38.6 Å². The van der Waals surface area contributed by atoms with Gasteiger partial charge in [0.15, 0.2) is 0 Å². The summed E-state index contributed by atoms with van der Waals surface area (Å²) < 4.78 is 5.86. The van der Waals surface area contributed by atoms with Gasteiger partial charge in [-0.05, 0) is 19.9 Å². The molecule has 7 nitrogen and oxygen atoms in total. The minimum atomic E-state index is -0.716. The van der Waals surface area contributed by atoms with E-state index in [-0.39, 0.29) is 30.6 Å². The van der Waals surface area contributed by atoms with Crippen LogP contribution in [0, 0.1) is 5.92 Å². The van der Waals surface area contributed by atoms with Crippen LogP contribution in [0.3, 0.4) is 0 Å². The molecule has 0 aromatic heterocycles. The number of carbonyl (C=O) groups excluding carboxylic acids is 1. The molecule has 4 unspecified atom stereocenters. The number of ether oxygens (including phenoxy) is 1. The Labute approximate surface area is 143 Å². The maximum atomic E-state index is 12.3. The van der Waals surface area contributed by atoms with E-state index < -0.39 is 12.2 Å². The second kappa shape index (κ2) is 8.10. The van der Waals surface area contributed by atoms with Gasteiger partial charge >= 0.3 is 0 Å². The number of amides is 1. The van der Waals surface area contributed by atoms with Gasteiger partial charge in [-0.15, -0.1) is 0 Å². The Morgan fingerprint density at radius 2 is 1.83 bits per heavy atom. The Morgan fingerprint density at radius 3 is 2.46 bits per heavy atom. The molecule has 0 aromatic rings. The van der Waals surface area contributed by atoms with Crippen LogP contribution in [0.2, 0.25) is 0 Å². The molecule has 3 rings (SSSR count). The number of piperazine rings is 1. The molecule has 3 fully saturated rings. The van der Waals surface area contributed by atoms with E-state index in [1.807, 2.05) is 0 Å². The maximum absolute atomic E-state index is 12.3. The first-order valence-corrected chi connectivity index (χ1v) is 9.25. The van der Waals surface area contributed by atoms with Crippen LogP contribution in [0.1, 0.15) is 25.7 Å². The normalized spacial score (nSPS) is 36.3. The Hall–Kier alpha value is -0.730. The summed E-state index contributed by atoms with van der Waals surface area (Å²) in [7, 11) is 2.09. The molecule has 0 spiro atoms. The van der Waals surface area contributed by atoms with Crippen LogP contribution in [0.4, 0.5) is 0 Å². The summed E-state index contributed by atoms with van der Waals surface area (Å²) in [5.74, 6) is 0.238. The third-order valence-electron chi connectivity index (χ3n) is 5.80. The standard InChI is InChI=1S/C17H31N3O4/c1-19-6-8-20(9-7-19)15-13(24-14(11-21)16(15)22)10-18-17(23)12-4-2-3-5-12/h12-16,21-22H,2-11H2,1H3,(H,18,23). The first-order valence-electron chi connectivity index (χ1n) is 9.25. The molecule has 24 heavy (non-hydrogen) atoms. The number of likely N-dealkylation sites (N-methyl/N-ethyl adjacent to an activating group) is 1. The van der Waals surface area contributed by atoms with Gasteiger partial charge in [0.2, 0.25) is 5.91 Å². The summed E-state index contributed by atoms with van der Waals surface area (Å²) in [6.45, 7) is 3.85. The fourth-order valence-corrected chi connectivity index (χ4v) is 4.25. The molecule has 0 aromatic carbocycles. The molecule has 2 saturated heterocycles. The SMILES string of the molecule is CN1CCN(C2C(CNC(=O)C3CCCC3)OC(CO)C2O)CC1. The first-order chi connectivity index (χ1) is 11.6. The van der Waals surface area contributed by atoms with Crippen LogP contribution in [0.5, 0.6) is 0 Å². The average Bonchev–Trinajstić information content (AvgIpc) is 3.22. The molecule has 1 amide bonds. The third-order valence-corrected chi connectivity index (χ3v) is 5.80. The highest BCUT2D eigenvalue weighted by molar-refractivity contribution is 5.78. The molecule has 4 atom stereocenters. The van der Waals surface area contributed by atoms with Crippen molar-refractivity contribution in [3.8, 4) is 0 Å². The number of aliphatic hydroxyl groups is 2. The van der Waals surface area contributed by atoms with E-state index in [1.54, 1.807) is 0 Å². The van der Waals surface area contributed by atoms with Crippen molar-refractivity contribution in [3.63, 3.8) is 0 Å². The van der Waals surface area contributed by atoms with Crippen molar-refractivity contribution < 1.29 is 19.7 Å². The van der Waals surface area contributed by atoms with Crippen LogP contribution < -0.4 is 5.32 Å². The predicted molar refractivity (Wildman–Crippen MR) is 89.6 cm³/mol. The number of hydrogen-bond donors (Lipinski definition) is 3. The molecule has 3 aliphatic rings. The molecule has 0 bridgehead atoms. The molecule has 7 heteroatoms. The highest BCUT2D eigenvalue weighted by Crippen LogP contribution is 2.27. The molecule has 3 N–H and O–H groups in total. The minimum Gasteiger partial charge on any atom is -0.394 e. The van der Waals surface area contributed by atoms with Gasteiger partial charge < -0.3 is 25.2 Å². The summed E-state index contributed by atoms with van der Waals surface area (Å²) in [5.41, 5.74) is 0. The van der Waals surface area contributed by atoms with E-state index >= 15 is 0 Å². The van der Waals surface area contributed by atoms with Gasteiger partial charge in [0.1, 0.15) is 12.2 Å². The highest BCUT2D eigenvalue weighted by Gasteiger charge is 2.46. The van der Waals surface area contributed by atoms with Crippen molar-refractivity contribution >= 4 is 5.91 Å². The van der Waals surface area contributed by atoms with Crippen molar-refractivity contribution in [2.45, 2.75) is 50.0 Å². The first kappa shape index (κ1) is 18.1. The number of rotatable bonds is 5. The molecule has 138 valence electrons. The molecular weight excluding hydrogens is 310 g/mol. The van der Waals surface area contributed by atoms with Gasteiger partial charge in [-0.3, -0.25) is 9.69 Å². The highest BCUT2D eigenvalue weighted by atomic mass is 16.5. The molecule has 1 saturated carbocycles. The monoisotopic (exact) mass is 341 g/mol. The molecule has 2 heterocycles. The Kier molecular flexibility index (Phi) is 6.10. The maximum Gasteiger partial charge on any atom is 0.223 e. The zero-order chi connectivity index (χ0) is 17.1. The van der Waals surface area contributed by atoms with Crippen molar-refractivity contribution in [1.29, 1.82) is 0 Å². The van der Waals surface area contributed by atoms with Gasteiger partial charge in [-0.25, -0.2) is 0 Å². The summed E-state index contributed by atoms with van der Waals surface area (Å²) >= 11 is 0. The zero-order valence-corrected chi connectivity index (χ0v) is 14.6. The number of carbonyl (C=O) groups is 1. The summed E-state index contributed by atoms with van der Waals surface area (Å²) in [6.07, 6.45) is 2.66. The van der Waals surface area contributed by atoms with E-state index in [4.69, 9.17) is 4.74 Å². The van der Waals surface area contributed by atoms with Crippen molar-refractivity contribution in [2.24, 2.45) is 5.92 Å². The third kappa shape index (κ3) is 3.91. The predicted octanol–water partition coefficient (Wildman–Crippen LogP) is -0.971. The lowest BCUT2D eigenvalue weighted by Gasteiger charge is -2.39. The zero-order valence-electron chi connectivity index (χ0n) is 14.6. The van der Waals surface area contributed by atoms with E-state index in [2.05, 4.69) is 22.2 Å². The Balaban J connectivity index is 1.59. The fraction of sp³-hybridized carbons (Fsp3) is 0.941. The lowest BCUT2D eigenvalue weighted by molar-refractivity contribution is -0.125. The van der Waals surface area contributed by atoms with E-state index in [9.17, 15) is 15.0 Å². The van der Waals surface area contributed by atoms with Crippen molar-refractivity contribution in [3.05, 3.63) is 0 Å². The van der Waals surface area contributed by atoms with Gasteiger partial charge in [0.25, 0.3) is 0 Å². The Bertz CT molecular complexity index is 422. The molecule has 1 aliphatic carbocycles. The summed E-state index contributed by atoms with van der Waals surface area (Å²) in [4.78, 5) is 16.8. The van der Waals surface area contributed by atoms with E-state index in [1.165, 1.54) is 0 Å². The van der Waals surface area contributed by atoms with Crippen LogP contribution in [-0.2, 0) is 9.53 Å². The second-order valence-corrected chi connectivity index (χ2v) is 7.44. The van der Waals surface area contributed by atoms with Crippen LogP contribution in [-0.4, -0.2) is 96.7 Å². The van der Waals surface area contributed by atoms with Crippen LogP contribution >= 0.6 is 0 Å². The van der Waals surface area contributed by atoms with Gasteiger partial charge in [-0.1, -0.05) is 12.8 Å². The summed E-state index contributed by atoms with van der Waals surface area (Å²) in [6, 6.07) is -0.167. The minimum absolute atomic E-state index is 0.107. The number of nitrogens with one attached hydrogen (secondary N) is 1. The number of aliphatic hydroxyl groups excluding tert-OH is 2. The quantitative estimate of drug-likeness (QED) is 0.597.